The highest BCUT2D eigenvalue weighted by atomic mass is 16.4. The number of nitrogens with zero attached hydrogens (tertiary/aromatic N) is 2. The highest BCUT2D eigenvalue weighted by Crippen LogP contribution is 2.32. The summed E-state index contributed by atoms with van der Waals surface area (Å²) in [5.74, 6) is -0.664. The molecule has 0 aliphatic carbocycles. The van der Waals surface area contributed by atoms with Gasteiger partial charge in [-0.3, -0.25) is 14.6 Å². The van der Waals surface area contributed by atoms with Gasteiger partial charge in [0.1, 0.15) is 0 Å². The van der Waals surface area contributed by atoms with Crippen molar-refractivity contribution in [3.05, 3.63) is 30.1 Å². The first-order chi connectivity index (χ1) is 9.68. The molecule has 0 saturated carbocycles. The van der Waals surface area contributed by atoms with Gasteiger partial charge >= 0.3 is 5.97 Å². The number of hydrogen-bond acceptors (Lipinski definition) is 3. The Bertz CT molecular complexity index is 461. The summed E-state index contributed by atoms with van der Waals surface area (Å²) in [6.45, 7) is 0.796. The molecule has 1 aromatic heterocycles. The number of aromatic nitrogens is 1. The Morgan fingerprint density at radius 3 is 2.65 bits per heavy atom. The summed E-state index contributed by atoms with van der Waals surface area (Å²) in [7, 11) is 0. The second-order valence-electron chi connectivity index (χ2n) is 5.13. The normalized spacial score (nSPS) is 18.2. The van der Waals surface area contributed by atoms with Crippen molar-refractivity contribution in [3.8, 4) is 0 Å². The maximum absolute atomic E-state index is 12.2. The van der Waals surface area contributed by atoms with Crippen LogP contribution < -0.4 is 0 Å². The third-order valence-electron chi connectivity index (χ3n) is 3.70. The molecule has 1 aromatic rings. The van der Waals surface area contributed by atoms with E-state index in [9.17, 15) is 9.59 Å². The summed E-state index contributed by atoms with van der Waals surface area (Å²) < 4.78 is 0. The number of unbranched alkanes of at least 4 members (excludes halogenated alkanes) is 1. The summed E-state index contributed by atoms with van der Waals surface area (Å²) in [6, 6.07) is 4.08. The Morgan fingerprint density at radius 1 is 1.25 bits per heavy atom. The van der Waals surface area contributed by atoms with E-state index in [2.05, 4.69) is 4.98 Å². The summed E-state index contributed by atoms with van der Waals surface area (Å²) in [5, 5.41) is 8.58. The Hall–Kier alpha value is -1.91. The largest absolute Gasteiger partial charge is 0.481 e. The fraction of sp³-hybridized carbons (Fsp3) is 0.533. The molecule has 0 bridgehead atoms. The van der Waals surface area contributed by atoms with Crippen molar-refractivity contribution in [3.63, 3.8) is 0 Å². The number of pyridine rings is 1. The van der Waals surface area contributed by atoms with E-state index in [1.54, 1.807) is 12.4 Å². The molecule has 1 unspecified atom stereocenters. The highest BCUT2D eigenvalue weighted by Gasteiger charge is 2.29. The lowest BCUT2D eigenvalue weighted by Gasteiger charge is -2.25. The molecule has 20 heavy (non-hydrogen) atoms. The fourth-order valence-corrected chi connectivity index (χ4v) is 2.69. The molecular weight excluding hydrogens is 256 g/mol. The van der Waals surface area contributed by atoms with Crippen LogP contribution in [0, 0.1) is 0 Å². The zero-order chi connectivity index (χ0) is 14.4. The van der Waals surface area contributed by atoms with Gasteiger partial charge in [0.25, 0.3) is 0 Å². The summed E-state index contributed by atoms with van der Waals surface area (Å²) >= 11 is 0. The Balaban J connectivity index is 1.87. The predicted octanol–water partition coefficient (Wildman–Crippen LogP) is 2.39. The molecule has 5 heteroatoms. The van der Waals surface area contributed by atoms with Crippen molar-refractivity contribution >= 4 is 11.9 Å². The van der Waals surface area contributed by atoms with E-state index in [0.717, 1.165) is 24.9 Å². The lowest BCUT2D eigenvalue weighted by molar-refractivity contribution is -0.137. The molecule has 2 heterocycles. The maximum Gasteiger partial charge on any atom is 0.303 e. The zero-order valence-corrected chi connectivity index (χ0v) is 11.5. The number of carboxylic acid groups (broad SMARTS) is 1. The second-order valence-corrected chi connectivity index (χ2v) is 5.13. The smallest absolute Gasteiger partial charge is 0.303 e. The van der Waals surface area contributed by atoms with Crippen LogP contribution in [0.3, 0.4) is 0 Å². The predicted molar refractivity (Wildman–Crippen MR) is 74.0 cm³/mol. The van der Waals surface area contributed by atoms with Crippen LogP contribution in [0.5, 0.6) is 0 Å². The average Bonchev–Trinajstić information content (AvgIpc) is 2.93. The van der Waals surface area contributed by atoms with Crippen LogP contribution >= 0.6 is 0 Å². The van der Waals surface area contributed by atoms with E-state index in [4.69, 9.17) is 5.11 Å². The molecule has 1 aliphatic heterocycles. The Labute approximate surface area is 118 Å². The first-order valence-corrected chi connectivity index (χ1v) is 7.09. The maximum atomic E-state index is 12.2. The van der Waals surface area contributed by atoms with E-state index >= 15 is 0 Å². The fourth-order valence-electron chi connectivity index (χ4n) is 2.69. The molecule has 2 rings (SSSR count). The first-order valence-electron chi connectivity index (χ1n) is 7.09. The minimum absolute atomic E-state index is 0.134. The van der Waals surface area contributed by atoms with Gasteiger partial charge in [-0.15, -0.1) is 0 Å². The molecular formula is C15H20N2O3. The lowest BCUT2D eigenvalue weighted by atomic mass is 10.1. The molecule has 5 nitrogen and oxygen atoms in total. The first kappa shape index (κ1) is 14.5. The Morgan fingerprint density at radius 2 is 1.95 bits per heavy atom. The quantitative estimate of drug-likeness (QED) is 0.810. The number of carbonyl (C=O) groups is 2. The number of amides is 1. The van der Waals surface area contributed by atoms with Crippen LogP contribution in [-0.2, 0) is 9.59 Å². The van der Waals surface area contributed by atoms with Gasteiger partial charge in [-0.05, 0) is 43.4 Å². The van der Waals surface area contributed by atoms with Crippen molar-refractivity contribution in [2.75, 3.05) is 6.54 Å². The van der Waals surface area contributed by atoms with Gasteiger partial charge in [-0.2, -0.15) is 0 Å². The van der Waals surface area contributed by atoms with E-state index in [1.165, 1.54) is 0 Å². The van der Waals surface area contributed by atoms with Gasteiger partial charge < -0.3 is 10.0 Å². The molecule has 1 amide bonds. The van der Waals surface area contributed by atoms with Crippen molar-refractivity contribution in [1.82, 2.24) is 9.88 Å². The molecule has 1 saturated heterocycles. The average molecular weight is 276 g/mol. The minimum Gasteiger partial charge on any atom is -0.481 e. The number of aliphatic carboxylic acids is 1. The van der Waals surface area contributed by atoms with E-state index in [0.29, 0.717) is 19.3 Å². The molecule has 0 aromatic carbocycles. The zero-order valence-electron chi connectivity index (χ0n) is 11.5. The van der Waals surface area contributed by atoms with Crippen LogP contribution in [0.15, 0.2) is 24.5 Å². The lowest BCUT2D eigenvalue weighted by Crippen LogP contribution is -2.30. The SMILES string of the molecule is O=C(O)CCCCC(=O)N1CCCC1c1ccncc1. The van der Waals surface area contributed by atoms with Gasteiger partial charge in [0.2, 0.25) is 5.91 Å². The van der Waals surface area contributed by atoms with E-state index < -0.39 is 5.97 Å². The molecule has 0 radical (unpaired) electrons. The monoisotopic (exact) mass is 276 g/mol. The van der Waals surface area contributed by atoms with E-state index in [-0.39, 0.29) is 18.4 Å². The van der Waals surface area contributed by atoms with Crippen molar-refractivity contribution in [2.45, 2.75) is 44.6 Å². The summed E-state index contributed by atoms with van der Waals surface area (Å²) in [4.78, 5) is 28.6. The number of likely N-dealkylation sites (tertiary alicyclic amines) is 1. The number of hydrogen-bond donors (Lipinski definition) is 1. The number of carbonyl (C=O) groups excluding carboxylic acids is 1. The standard InChI is InChI=1S/C15H20N2O3/c18-14(5-1-2-6-15(19)20)17-11-3-4-13(17)12-7-9-16-10-8-12/h7-10,13H,1-6,11H2,(H,19,20). The molecule has 1 N–H and O–H groups in total. The number of rotatable bonds is 6. The summed E-state index contributed by atoms with van der Waals surface area (Å²) in [5.41, 5.74) is 1.14. The van der Waals surface area contributed by atoms with Gasteiger partial charge in [-0.1, -0.05) is 0 Å². The summed E-state index contributed by atoms with van der Waals surface area (Å²) in [6.07, 6.45) is 7.31. The molecule has 1 aliphatic rings. The van der Waals surface area contributed by atoms with Crippen molar-refractivity contribution in [2.24, 2.45) is 0 Å². The van der Waals surface area contributed by atoms with Crippen LogP contribution in [0.1, 0.15) is 50.1 Å². The highest BCUT2D eigenvalue weighted by molar-refractivity contribution is 5.77. The van der Waals surface area contributed by atoms with Crippen LogP contribution in [0.4, 0.5) is 0 Å². The third-order valence-corrected chi connectivity index (χ3v) is 3.70. The van der Waals surface area contributed by atoms with Crippen molar-refractivity contribution in [1.29, 1.82) is 0 Å². The minimum atomic E-state index is -0.798. The molecule has 1 fully saturated rings. The number of carboxylic acids is 1. The third kappa shape index (κ3) is 3.79. The van der Waals surface area contributed by atoms with E-state index in [1.807, 2.05) is 17.0 Å². The van der Waals surface area contributed by atoms with Gasteiger partial charge in [0.15, 0.2) is 0 Å². The topological polar surface area (TPSA) is 70.5 Å². The Kier molecular flexibility index (Phi) is 5.09. The molecule has 0 spiro atoms. The van der Waals surface area contributed by atoms with Crippen LogP contribution in [0.2, 0.25) is 0 Å². The molecule has 1 atom stereocenters. The molecule has 108 valence electrons. The van der Waals surface area contributed by atoms with Crippen LogP contribution in [0.25, 0.3) is 0 Å². The van der Waals surface area contributed by atoms with Gasteiger partial charge in [0.05, 0.1) is 6.04 Å². The van der Waals surface area contributed by atoms with Gasteiger partial charge in [0, 0.05) is 31.8 Å². The van der Waals surface area contributed by atoms with Gasteiger partial charge in [-0.25, -0.2) is 0 Å². The van der Waals surface area contributed by atoms with Crippen LogP contribution in [-0.4, -0.2) is 33.4 Å². The second kappa shape index (κ2) is 7.03. The van der Waals surface area contributed by atoms with Crippen molar-refractivity contribution < 1.29 is 14.7 Å².